The van der Waals surface area contributed by atoms with Crippen molar-refractivity contribution in [3.63, 3.8) is 0 Å². The molecule has 1 heterocycles. The maximum Gasteiger partial charge on any atom is 0.275 e. The third-order valence-corrected chi connectivity index (χ3v) is 7.27. The summed E-state index contributed by atoms with van der Waals surface area (Å²) in [6.07, 6.45) is 0.421. The Morgan fingerprint density at radius 3 is 2.37 bits per heavy atom. The standard InChI is InChI=1S/C31H34N4O5S/c1-20(36)17-35(18-21(2)37)19-23-7-6-8-24(15-23)29(38)33-31-28(26-9-4-5-10-27(26)41-31)30(39)34-32-16-22-11-13-25(40-3)14-12-22/h4-16,20-21,36-37H,17-19H2,1-3H3,(H,33,38)(H,34,39). The van der Waals surface area contributed by atoms with Gasteiger partial charge in [-0.3, -0.25) is 14.5 Å². The largest absolute Gasteiger partial charge is 0.497 e. The van der Waals surface area contributed by atoms with Crippen molar-refractivity contribution in [1.29, 1.82) is 0 Å². The van der Waals surface area contributed by atoms with E-state index in [9.17, 15) is 19.8 Å². The number of amides is 2. The second-order valence-corrected chi connectivity index (χ2v) is 10.9. The molecular formula is C31H34N4O5S. The minimum Gasteiger partial charge on any atom is -0.497 e. The van der Waals surface area contributed by atoms with Crippen LogP contribution in [-0.4, -0.2) is 65.5 Å². The first-order valence-electron chi connectivity index (χ1n) is 13.2. The van der Waals surface area contributed by atoms with Crippen molar-refractivity contribution >= 4 is 44.5 Å². The number of nitrogens with zero attached hydrogens (tertiary/aromatic N) is 2. The lowest BCUT2D eigenvalue weighted by Crippen LogP contribution is -2.35. The Morgan fingerprint density at radius 2 is 1.68 bits per heavy atom. The number of hydrogen-bond acceptors (Lipinski definition) is 8. The van der Waals surface area contributed by atoms with Crippen molar-refractivity contribution in [3.8, 4) is 5.75 Å². The number of anilines is 1. The number of nitrogens with one attached hydrogen (secondary N) is 2. The van der Waals surface area contributed by atoms with Crippen LogP contribution in [0.1, 0.15) is 45.7 Å². The summed E-state index contributed by atoms with van der Waals surface area (Å²) in [7, 11) is 1.59. The summed E-state index contributed by atoms with van der Waals surface area (Å²) in [6, 6.07) is 21.9. The lowest BCUT2D eigenvalue weighted by molar-refractivity contribution is 0.0793. The van der Waals surface area contributed by atoms with Gasteiger partial charge >= 0.3 is 0 Å². The van der Waals surface area contributed by atoms with E-state index < -0.39 is 18.1 Å². The van der Waals surface area contributed by atoms with E-state index in [0.717, 1.165) is 21.6 Å². The first kappa shape index (κ1) is 29.9. The number of hydrogen-bond donors (Lipinski definition) is 4. The number of hydrazone groups is 1. The number of aliphatic hydroxyl groups excluding tert-OH is 2. The summed E-state index contributed by atoms with van der Waals surface area (Å²) in [6.45, 7) is 4.63. The lowest BCUT2D eigenvalue weighted by Gasteiger charge is -2.25. The molecule has 2 amide bonds. The van der Waals surface area contributed by atoms with Crippen molar-refractivity contribution in [2.75, 3.05) is 25.5 Å². The zero-order valence-corrected chi connectivity index (χ0v) is 24.0. The monoisotopic (exact) mass is 574 g/mol. The Labute approximate surface area is 243 Å². The quantitative estimate of drug-likeness (QED) is 0.146. The van der Waals surface area contributed by atoms with Crippen LogP contribution >= 0.6 is 11.3 Å². The van der Waals surface area contributed by atoms with Crippen molar-refractivity contribution in [2.24, 2.45) is 5.10 Å². The maximum atomic E-state index is 13.3. The molecule has 0 bridgehead atoms. The highest BCUT2D eigenvalue weighted by Gasteiger charge is 2.21. The fraction of sp³-hybridized carbons (Fsp3) is 0.258. The van der Waals surface area contributed by atoms with Crippen molar-refractivity contribution in [3.05, 3.63) is 95.1 Å². The minimum atomic E-state index is -0.557. The average molecular weight is 575 g/mol. The predicted octanol–water partition coefficient (Wildman–Crippen LogP) is 4.49. The lowest BCUT2D eigenvalue weighted by atomic mass is 10.1. The average Bonchev–Trinajstić information content (AvgIpc) is 3.30. The van der Waals surface area contributed by atoms with Gasteiger partial charge in [-0.05, 0) is 67.4 Å². The summed E-state index contributed by atoms with van der Waals surface area (Å²) < 4.78 is 6.02. The number of aliphatic hydroxyl groups is 2. The smallest absolute Gasteiger partial charge is 0.275 e. The number of carbonyl (C=O) groups is 2. The molecule has 3 aromatic carbocycles. The van der Waals surface area contributed by atoms with Crippen LogP contribution in [0.15, 0.2) is 77.9 Å². The van der Waals surface area contributed by atoms with E-state index in [2.05, 4.69) is 15.8 Å². The van der Waals surface area contributed by atoms with Crippen molar-refractivity contribution in [1.82, 2.24) is 10.3 Å². The number of rotatable bonds is 12. The van der Waals surface area contributed by atoms with Crippen molar-refractivity contribution in [2.45, 2.75) is 32.6 Å². The second-order valence-electron chi connectivity index (χ2n) is 9.82. The van der Waals surface area contributed by atoms with Crippen LogP contribution in [0.5, 0.6) is 5.75 Å². The Bertz CT molecular complexity index is 1500. The zero-order chi connectivity index (χ0) is 29.4. The van der Waals surface area contributed by atoms with Gasteiger partial charge in [0.05, 0.1) is 31.1 Å². The van der Waals surface area contributed by atoms with Crippen LogP contribution in [-0.2, 0) is 6.54 Å². The van der Waals surface area contributed by atoms with Crippen LogP contribution in [0.3, 0.4) is 0 Å². The highest BCUT2D eigenvalue weighted by molar-refractivity contribution is 7.23. The van der Waals surface area contributed by atoms with E-state index in [1.54, 1.807) is 51.3 Å². The van der Waals surface area contributed by atoms with Gasteiger partial charge in [-0.1, -0.05) is 30.3 Å². The molecule has 0 aliphatic heterocycles. The van der Waals surface area contributed by atoms with E-state index >= 15 is 0 Å². The Balaban J connectivity index is 1.52. The van der Waals surface area contributed by atoms with E-state index in [-0.39, 0.29) is 5.91 Å². The third kappa shape index (κ3) is 8.21. The fourth-order valence-electron chi connectivity index (χ4n) is 4.47. The van der Waals surface area contributed by atoms with Gasteiger partial charge in [0, 0.05) is 35.3 Å². The number of carbonyl (C=O) groups excluding carboxylic acids is 2. The number of thiophene rings is 1. The van der Waals surface area contributed by atoms with Gasteiger partial charge in [-0.15, -0.1) is 11.3 Å². The molecule has 0 radical (unpaired) electrons. The number of fused-ring (bicyclic) bond motifs is 1. The topological polar surface area (TPSA) is 123 Å². The molecule has 10 heteroatoms. The highest BCUT2D eigenvalue weighted by Crippen LogP contribution is 2.36. The van der Waals surface area contributed by atoms with Gasteiger partial charge in [0.15, 0.2) is 0 Å². The first-order valence-corrected chi connectivity index (χ1v) is 14.0. The Morgan fingerprint density at radius 1 is 0.976 bits per heavy atom. The molecule has 9 nitrogen and oxygen atoms in total. The van der Waals surface area contributed by atoms with Gasteiger partial charge < -0.3 is 20.3 Å². The molecule has 4 aromatic rings. The maximum absolute atomic E-state index is 13.3. The van der Waals surface area contributed by atoms with Crippen LogP contribution in [0.2, 0.25) is 0 Å². The molecule has 0 saturated heterocycles. The SMILES string of the molecule is COc1ccc(C=NNC(=O)c2c(NC(=O)c3cccc(CN(CC(C)O)CC(C)O)c3)sc3ccccc23)cc1. The molecule has 214 valence electrons. The summed E-state index contributed by atoms with van der Waals surface area (Å²) in [5.74, 6) is -0.0753. The van der Waals surface area contributed by atoms with E-state index in [1.165, 1.54) is 17.6 Å². The zero-order valence-electron chi connectivity index (χ0n) is 23.2. The molecule has 0 saturated carbocycles. The summed E-state index contributed by atoms with van der Waals surface area (Å²) in [5, 5.41) is 27.9. The normalized spacial score (nSPS) is 12.9. The van der Waals surface area contributed by atoms with Crippen LogP contribution in [0.4, 0.5) is 5.00 Å². The first-order chi connectivity index (χ1) is 19.7. The molecule has 0 fully saturated rings. The van der Waals surface area contributed by atoms with Crippen molar-refractivity contribution < 1.29 is 24.5 Å². The van der Waals surface area contributed by atoms with Crippen LogP contribution in [0.25, 0.3) is 10.1 Å². The summed E-state index contributed by atoms with van der Waals surface area (Å²) >= 11 is 1.32. The second kappa shape index (κ2) is 14.0. The van der Waals surface area contributed by atoms with E-state index in [0.29, 0.717) is 41.1 Å². The molecule has 4 N–H and O–H groups in total. The number of benzene rings is 3. The predicted molar refractivity (Wildman–Crippen MR) is 163 cm³/mol. The van der Waals surface area contributed by atoms with Gasteiger partial charge in [0.2, 0.25) is 0 Å². The molecule has 41 heavy (non-hydrogen) atoms. The van der Waals surface area contributed by atoms with E-state index in [4.69, 9.17) is 4.74 Å². The third-order valence-electron chi connectivity index (χ3n) is 6.19. The molecule has 0 aliphatic carbocycles. The highest BCUT2D eigenvalue weighted by atomic mass is 32.1. The molecule has 2 unspecified atom stereocenters. The number of ether oxygens (including phenoxy) is 1. The molecular weight excluding hydrogens is 540 g/mol. The molecule has 2 atom stereocenters. The van der Waals surface area contributed by atoms with Gasteiger partial charge in [-0.25, -0.2) is 5.43 Å². The van der Waals surface area contributed by atoms with E-state index in [1.807, 2.05) is 47.4 Å². The summed E-state index contributed by atoms with van der Waals surface area (Å²) in [4.78, 5) is 28.5. The Hall–Kier alpha value is -4.09. The fourth-order valence-corrected chi connectivity index (χ4v) is 5.56. The van der Waals surface area contributed by atoms with Gasteiger partial charge in [0.25, 0.3) is 11.8 Å². The van der Waals surface area contributed by atoms with Gasteiger partial charge in [0.1, 0.15) is 10.8 Å². The molecule has 4 rings (SSSR count). The van der Waals surface area contributed by atoms with Crippen LogP contribution < -0.4 is 15.5 Å². The molecule has 0 aliphatic rings. The summed E-state index contributed by atoms with van der Waals surface area (Å²) in [5.41, 5.74) is 4.99. The molecule has 1 aromatic heterocycles. The molecule has 0 spiro atoms. The Kier molecular flexibility index (Phi) is 10.2. The van der Waals surface area contributed by atoms with Gasteiger partial charge in [-0.2, -0.15) is 5.10 Å². The number of methoxy groups -OCH3 is 1. The van der Waals surface area contributed by atoms with Crippen LogP contribution in [0, 0.1) is 0 Å². The minimum absolute atomic E-state index is 0.335.